The summed E-state index contributed by atoms with van der Waals surface area (Å²) in [5.41, 5.74) is 4.51. The Balaban J connectivity index is 1.01. The Bertz CT molecular complexity index is 2220. The van der Waals surface area contributed by atoms with Crippen LogP contribution in [0.25, 0.3) is 22.1 Å². The zero-order valence-corrected chi connectivity index (χ0v) is 30.6. The van der Waals surface area contributed by atoms with Gasteiger partial charge in [-0.15, -0.1) is 0 Å². The topological polar surface area (TPSA) is 208 Å². The number of hydrogen-bond acceptors (Lipinski definition) is 10. The van der Waals surface area contributed by atoms with Gasteiger partial charge in [-0.3, -0.25) is 9.59 Å². The third-order valence-corrected chi connectivity index (χ3v) is 9.83. The van der Waals surface area contributed by atoms with E-state index in [1.54, 1.807) is 59.2 Å². The van der Waals surface area contributed by atoms with Gasteiger partial charge in [-0.25, -0.2) is 24.5 Å². The lowest BCUT2D eigenvalue weighted by molar-refractivity contribution is -0.188. The van der Waals surface area contributed by atoms with Crippen molar-refractivity contribution in [2.45, 2.75) is 56.8 Å². The minimum absolute atomic E-state index is 0.139. The van der Waals surface area contributed by atoms with Crippen molar-refractivity contribution in [1.82, 2.24) is 35.1 Å². The SMILES string of the molecule is COO/C=N\[C@H](C)C(=O)N1CCC[C@H]1c1nc2cc(NC(=O)Nc3ccc4nc([C@@H]5CCCN5C(=O)[C@H](NC(=O)OC)c5ccccc5)[nH]c4c3)ccc2[nH]1. The number of nitrogens with zero attached hydrogens (tertiary/aromatic N) is 5. The minimum atomic E-state index is -0.922. The highest BCUT2D eigenvalue weighted by molar-refractivity contribution is 6.01. The number of carbonyl (C=O) groups is 4. The summed E-state index contributed by atoms with van der Waals surface area (Å²) >= 11 is 0. The standard InChI is InChI=1S/C38H42N10O7/c1-22(39-21-55-54-3)35(49)47-17-7-11-30(47)33-42-26-15-13-24(19-28(26)44-33)40-37(51)41-25-14-16-27-29(20-25)45-34(43-27)31-12-8-18-48(31)36(50)32(46-38(52)53-2)23-9-5-4-6-10-23/h4-6,9-10,13-16,19-22,30-32H,7-8,11-12,17-18H2,1-3H3,(H,42,44)(H,43,45)(H,46,52)(H2,40,41,51)/b39-21-/t22-,30+,31+,32-/m1/s1. The Hall–Kier alpha value is -6.49. The second kappa shape index (κ2) is 16.3. The van der Waals surface area contributed by atoms with Gasteiger partial charge in [-0.2, -0.15) is 4.89 Å². The third-order valence-electron chi connectivity index (χ3n) is 9.83. The molecule has 0 radical (unpaired) electrons. The molecule has 5 aromatic rings. The zero-order chi connectivity index (χ0) is 38.5. The number of likely N-dealkylation sites (tertiary alicyclic amines) is 2. The number of anilines is 2. The third kappa shape index (κ3) is 8.06. The lowest BCUT2D eigenvalue weighted by Gasteiger charge is -2.28. The van der Waals surface area contributed by atoms with Crippen LogP contribution in [-0.2, 0) is 24.1 Å². The molecule has 0 unspecified atom stereocenters. The van der Waals surface area contributed by atoms with Crippen LogP contribution in [0.2, 0.25) is 0 Å². The van der Waals surface area contributed by atoms with Crippen molar-refractivity contribution in [2.24, 2.45) is 4.99 Å². The fraction of sp³-hybridized carbons (Fsp3) is 0.342. The van der Waals surface area contributed by atoms with Crippen LogP contribution in [0, 0.1) is 0 Å². The zero-order valence-electron chi connectivity index (χ0n) is 30.6. The van der Waals surface area contributed by atoms with E-state index in [-0.39, 0.29) is 23.9 Å². The normalized spacial score (nSPS) is 18.1. The van der Waals surface area contributed by atoms with Crippen molar-refractivity contribution >= 4 is 63.8 Å². The molecule has 2 aliphatic heterocycles. The van der Waals surface area contributed by atoms with Gasteiger partial charge >= 0.3 is 12.1 Å². The van der Waals surface area contributed by atoms with Crippen LogP contribution >= 0.6 is 0 Å². The van der Waals surface area contributed by atoms with Gasteiger partial charge in [0.05, 0.1) is 48.4 Å². The first kappa shape index (κ1) is 36.9. The van der Waals surface area contributed by atoms with Crippen molar-refractivity contribution in [3.63, 3.8) is 0 Å². The number of aromatic nitrogens is 4. The van der Waals surface area contributed by atoms with E-state index in [2.05, 4.69) is 40.7 Å². The van der Waals surface area contributed by atoms with Crippen LogP contribution in [0.3, 0.4) is 0 Å². The number of hydrogen-bond donors (Lipinski definition) is 5. The molecule has 3 aromatic carbocycles. The van der Waals surface area contributed by atoms with E-state index in [0.717, 1.165) is 31.2 Å². The van der Waals surface area contributed by atoms with Crippen LogP contribution in [-0.4, -0.2) is 93.4 Å². The van der Waals surface area contributed by atoms with Crippen LogP contribution in [0.1, 0.15) is 67.9 Å². The number of H-pyrrole nitrogens is 2. The first-order chi connectivity index (χ1) is 26.7. The summed E-state index contributed by atoms with van der Waals surface area (Å²) < 4.78 is 4.80. The number of alkyl carbamates (subject to hydrolysis) is 1. The average molecular weight is 751 g/mol. The molecule has 0 aliphatic carbocycles. The largest absolute Gasteiger partial charge is 0.453 e. The smallest absolute Gasteiger partial charge is 0.407 e. The van der Waals surface area contributed by atoms with Crippen molar-refractivity contribution in [2.75, 3.05) is 37.9 Å². The number of fused-ring (bicyclic) bond motifs is 2. The van der Waals surface area contributed by atoms with Gasteiger partial charge < -0.3 is 45.3 Å². The highest BCUT2D eigenvalue weighted by atomic mass is 17.2. The Morgan fingerprint density at radius 1 is 0.818 bits per heavy atom. The van der Waals surface area contributed by atoms with E-state index in [0.29, 0.717) is 64.6 Å². The Morgan fingerprint density at radius 3 is 2.15 bits per heavy atom. The molecule has 2 saturated heterocycles. The number of benzene rings is 3. The molecule has 0 saturated carbocycles. The number of imidazole rings is 2. The number of urea groups is 1. The predicted octanol–water partition coefficient (Wildman–Crippen LogP) is 5.50. The Kier molecular flexibility index (Phi) is 10.9. The quantitative estimate of drug-likeness (QED) is 0.0499. The summed E-state index contributed by atoms with van der Waals surface area (Å²) in [7, 11) is 2.62. The van der Waals surface area contributed by atoms with Gasteiger partial charge in [-0.1, -0.05) is 30.3 Å². The lowest BCUT2D eigenvalue weighted by Crippen LogP contribution is -2.42. The summed E-state index contributed by atoms with van der Waals surface area (Å²) in [6.45, 7) is 2.79. The fourth-order valence-electron chi connectivity index (χ4n) is 7.19. The van der Waals surface area contributed by atoms with Gasteiger partial charge in [0.15, 0.2) is 0 Å². The second-order valence-electron chi connectivity index (χ2n) is 13.3. The molecule has 17 heteroatoms. The Morgan fingerprint density at radius 2 is 1.45 bits per heavy atom. The molecule has 286 valence electrons. The summed E-state index contributed by atoms with van der Waals surface area (Å²) in [6.07, 6.45) is 3.46. The Labute approximate surface area is 315 Å². The van der Waals surface area contributed by atoms with Crippen molar-refractivity contribution in [3.8, 4) is 0 Å². The van der Waals surface area contributed by atoms with Crippen molar-refractivity contribution in [1.29, 1.82) is 0 Å². The molecule has 55 heavy (non-hydrogen) atoms. The van der Waals surface area contributed by atoms with Crippen molar-refractivity contribution < 1.29 is 33.7 Å². The number of amides is 5. The maximum absolute atomic E-state index is 13.9. The first-order valence-electron chi connectivity index (χ1n) is 18.0. The number of carbonyl (C=O) groups excluding carboxylic acids is 4. The summed E-state index contributed by atoms with van der Waals surface area (Å²) in [5.74, 6) is 0.880. The molecule has 0 bridgehead atoms. The molecule has 2 aliphatic rings. The first-order valence-corrected chi connectivity index (χ1v) is 18.0. The van der Waals surface area contributed by atoms with Gasteiger partial charge in [-0.05, 0) is 74.6 Å². The molecule has 7 rings (SSSR count). The van der Waals surface area contributed by atoms with E-state index in [4.69, 9.17) is 14.7 Å². The fourth-order valence-corrected chi connectivity index (χ4v) is 7.19. The highest BCUT2D eigenvalue weighted by Gasteiger charge is 2.37. The molecule has 2 aromatic heterocycles. The number of rotatable bonds is 11. The van der Waals surface area contributed by atoms with Crippen LogP contribution < -0.4 is 16.0 Å². The molecular weight excluding hydrogens is 708 g/mol. The van der Waals surface area contributed by atoms with E-state index in [1.807, 2.05) is 24.3 Å². The number of methoxy groups -OCH3 is 1. The van der Waals surface area contributed by atoms with Gasteiger partial charge in [0, 0.05) is 24.5 Å². The average Bonchev–Trinajstić information content (AvgIpc) is 4.02. The summed E-state index contributed by atoms with van der Waals surface area (Å²) in [4.78, 5) is 85.3. The van der Waals surface area contributed by atoms with Crippen LogP contribution in [0.15, 0.2) is 71.7 Å². The van der Waals surface area contributed by atoms with Gasteiger partial charge in [0.2, 0.25) is 12.3 Å². The van der Waals surface area contributed by atoms with Gasteiger partial charge in [0.25, 0.3) is 5.91 Å². The van der Waals surface area contributed by atoms with E-state index >= 15 is 0 Å². The molecule has 4 atom stereocenters. The molecule has 4 heterocycles. The van der Waals surface area contributed by atoms with Gasteiger partial charge in [0.1, 0.15) is 23.7 Å². The molecule has 2 fully saturated rings. The number of ether oxygens (including phenoxy) is 1. The van der Waals surface area contributed by atoms with E-state index in [9.17, 15) is 19.2 Å². The molecule has 17 nitrogen and oxygen atoms in total. The molecule has 5 amide bonds. The molecule has 5 N–H and O–H groups in total. The summed E-state index contributed by atoms with van der Waals surface area (Å²) in [6, 6.07) is 17.2. The van der Waals surface area contributed by atoms with E-state index < -0.39 is 24.2 Å². The maximum Gasteiger partial charge on any atom is 0.407 e. The molecular formula is C38H42N10O7. The number of aromatic amines is 2. The van der Waals surface area contributed by atoms with Crippen LogP contribution in [0.5, 0.6) is 0 Å². The monoisotopic (exact) mass is 750 g/mol. The maximum atomic E-state index is 13.9. The lowest BCUT2D eigenvalue weighted by atomic mass is 10.1. The predicted molar refractivity (Wildman–Crippen MR) is 203 cm³/mol. The second-order valence-corrected chi connectivity index (χ2v) is 13.3. The minimum Gasteiger partial charge on any atom is -0.453 e. The highest BCUT2D eigenvalue weighted by Crippen LogP contribution is 2.35. The van der Waals surface area contributed by atoms with Crippen LogP contribution in [0.4, 0.5) is 21.0 Å². The molecule has 0 spiro atoms. The van der Waals surface area contributed by atoms with Crippen molar-refractivity contribution in [3.05, 3.63) is 83.9 Å². The number of aliphatic imine (C=N–C) groups is 1. The number of nitrogens with one attached hydrogen (secondary N) is 5. The summed E-state index contributed by atoms with van der Waals surface area (Å²) in [5, 5.41) is 8.43. The van der Waals surface area contributed by atoms with E-state index in [1.165, 1.54) is 14.2 Å².